The SMILES string of the molecule is COC(=O)Cc1c(CN(C)C)n(C)c2ccc(OC)c(F)c12. The zero-order valence-corrected chi connectivity index (χ0v) is 13.6. The van der Waals surface area contributed by atoms with E-state index < -0.39 is 11.8 Å². The number of carbonyl (C=O) groups excluding carboxylic acids is 1. The van der Waals surface area contributed by atoms with Crippen molar-refractivity contribution in [1.29, 1.82) is 0 Å². The number of halogens is 1. The van der Waals surface area contributed by atoms with Crippen molar-refractivity contribution in [1.82, 2.24) is 9.47 Å². The Labute approximate surface area is 129 Å². The van der Waals surface area contributed by atoms with Crippen molar-refractivity contribution < 1.29 is 18.7 Å². The zero-order chi connectivity index (χ0) is 16.4. The van der Waals surface area contributed by atoms with Gasteiger partial charge in [-0.3, -0.25) is 4.79 Å². The van der Waals surface area contributed by atoms with Crippen LogP contribution in [0.2, 0.25) is 0 Å². The molecule has 0 atom stereocenters. The van der Waals surface area contributed by atoms with E-state index in [0.717, 1.165) is 11.2 Å². The second kappa shape index (κ2) is 6.36. The van der Waals surface area contributed by atoms with E-state index >= 15 is 0 Å². The van der Waals surface area contributed by atoms with Gasteiger partial charge in [-0.25, -0.2) is 4.39 Å². The van der Waals surface area contributed by atoms with E-state index in [1.54, 1.807) is 12.1 Å². The summed E-state index contributed by atoms with van der Waals surface area (Å²) in [5.74, 6) is -0.671. The minimum atomic E-state index is -0.445. The lowest BCUT2D eigenvalue weighted by molar-refractivity contribution is -0.139. The summed E-state index contributed by atoms with van der Waals surface area (Å²) >= 11 is 0. The number of carbonyl (C=O) groups is 1. The molecule has 0 spiro atoms. The maximum atomic E-state index is 14.7. The molecule has 0 amide bonds. The highest BCUT2D eigenvalue weighted by molar-refractivity contribution is 5.91. The molecule has 0 unspecified atom stereocenters. The number of rotatable bonds is 5. The summed E-state index contributed by atoms with van der Waals surface area (Å²) in [4.78, 5) is 13.7. The summed E-state index contributed by atoms with van der Waals surface area (Å²) in [6.45, 7) is 0.596. The first-order chi connectivity index (χ1) is 10.4. The van der Waals surface area contributed by atoms with Crippen molar-refractivity contribution in [3.8, 4) is 5.75 Å². The molecule has 1 aromatic carbocycles. The van der Waals surface area contributed by atoms with Gasteiger partial charge in [-0.05, 0) is 31.8 Å². The molecule has 0 aliphatic rings. The standard InChI is InChI=1S/C16H21FN2O3/c1-18(2)9-12-10(8-14(20)22-5)15-11(19(12)3)6-7-13(21-4)16(15)17/h6-7H,8-9H2,1-5H3. The molecule has 0 N–H and O–H groups in total. The van der Waals surface area contributed by atoms with Gasteiger partial charge in [0.25, 0.3) is 0 Å². The average molecular weight is 308 g/mol. The number of ether oxygens (including phenoxy) is 2. The summed E-state index contributed by atoms with van der Waals surface area (Å²) in [5.41, 5.74) is 2.26. The van der Waals surface area contributed by atoms with E-state index in [2.05, 4.69) is 0 Å². The third-order valence-electron chi connectivity index (χ3n) is 3.74. The largest absolute Gasteiger partial charge is 0.494 e. The fraction of sp³-hybridized carbons (Fsp3) is 0.438. The van der Waals surface area contributed by atoms with E-state index in [4.69, 9.17) is 9.47 Å². The molecule has 1 aromatic heterocycles. The number of hydrogen-bond donors (Lipinski definition) is 0. The Morgan fingerprint density at radius 1 is 1.32 bits per heavy atom. The number of nitrogens with zero attached hydrogens (tertiary/aromatic N) is 2. The van der Waals surface area contributed by atoms with Crippen LogP contribution in [0.15, 0.2) is 12.1 Å². The molecule has 22 heavy (non-hydrogen) atoms. The number of methoxy groups -OCH3 is 2. The predicted molar refractivity (Wildman–Crippen MR) is 82.5 cm³/mol. The van der Waals surface area contributed by atoms with Gasteiger partial charge in [-0.2, -0.15) is 0 Å². The van der Waals surface area contributed by atoms with Gasteiger partial charge in [-0.1, -0.05) is 0 Å². The van der Waals surface area contributed by atoms with Crippen LogP contribution in [0.4, 0.5) is 4.39 Å². The van der Waals surface area contributed by atoms with Gasteiger partial charge in [0, 0.05) is 24.7 Å². The summed E-state index contributed by atoms with van der Waals surface area (Å²) < 4.78 is 26.4. The minimum absolute atomic E-state index is 0.0289. The smallest absolute Gasteiger partial charge is 0.310 e. The van der Waals surface area contributed by atoms with E-state index in [9.17, 15) is 9.18 Å². The molecule has 0 saturated heterocycles. The Bertz CT molecular complexity index is 707. The molecule has 0 fully saturated rings. The van der Waals surface area contributed by atoms with Gasteiger partial charge in [0.05, 0.1) is 26.2 Å². The highest BCUT2D eigenvalue weighted by atomic mass is 19.1. The molecule has 5 nitrogen and oxygen atoms in total. The first-order valence-corrected chi connectivity index (χ1v) is 6.94. The summed E-state index contributed by atoms with van der Waals surface area (Å²) in [5, 5.41) is 0.420. The number of benzene rings is 1. The predicted octanol–water partition coefficient (Wildman–Crippen LogP) is 2.10. The fourth-order valence-corrected chi connectivity index (χ4v) is 2.67. The molecule has 2 rings (SSSR count). The van der Waals surface area contributed by atoms with Crippen molar-refractivity contribution >= 4 is 16.9 Å². The fourth-order valence-electron chi connectivity index (χ4n) is 2.67. The van der Waals surface area contributed by atoms with Crippen LogP contribution in [0.5, 0.6) is 5.75 Å². The van der Waals surface area contributed by atoms with Gasteiger partial charge in [0.15, 0.2) is 11.6 Å². The Hall–Kier alpha value is -2.08. The molecular weight excluding hydrogens is 287 g/mol. The van der Waals surface area contributed by atoms with E-state index in [1.807, 2.05) is 30.6 Å². The Morgan fingerprint density at radius 2 is 2.00 bits per heavy atom. The van der Waals surface area contributed by atoms with E-state index in [-0.39, 0.29) is 12.2 Å². The van der Waals surface area contributed by atoms with Gasteiger partial charge < -0.3 is 18.9 Å². The number of esters is 1. The zero-order valence-electron chi connectivity index (χ0n) is 13.6. The number of fused-ring (bicyclic) bond motifs is 1. The Morgan fingerprint density at radius 3 is 2.55 bits per heavy atom. The van der Waals surface area contributed by atoms with Crippen molar-refractivity contribution in [3.63, 3.8) is 0 Å². The maximum absolute atomic E-state index is 14.7. The first kappa shape index (κ1) is 16.3. The summed E-state index contributed by atoms with van der Waals surface area (Å²) in [6, 6.07) is 3.40. The lowest BCUT2D eigenvalue weighted by Gasteiger charge is -2.13. The lowest BCUT2D eigenvalue weighted by Crippen LogP contribution is -2.16. The highest BCUT2D eigenvalue weighted by Gasteiger charge is 2.23. The molecule has 6 heteroatoms. The van der Waals surface area contributed by atoms with Gasteiger partial charge in [0.1, 0.15) is 0 Å². The molecule has 1 heterocycles. The topological polar surface area (TPSA) is 43.7 Å². The Balaban J connectivity index is 2.75. The monoisotopic (exact) mass is 308 g/mol. The summed E-state index contributed by atoms with van der Waals surface area (Å²) in [7, 11) is 8.48. The molecule has 120 valence electrons. The number of hydrogen-bond acceptors (Lipinski definition) is 4. The van der Waals surface area contributed by atoms with Gasteiger partial charge in [0.2, 0.25) is 0 Å². The maximum Gasteiger partial charge on any atom is 0.310 e. The molecule has 2 aromatic rings. The average Bonchev–Trinajstić information content (AvgIpc) is 2.73. The second-order valence-electron chi connectivity index (χ2n) is 5.45. The summed E-state index contributed by atoms with van der Waals surface area (Å²) in [6.07, 6.45) is 0.0289. The molecule has 0 radical (unpaired) electrons. The van der Waals surface area contributed by atoms with Crippen LogP contribution in [-0.2, 0) is 29.5 Å². The third kappa shape index (κ3) is 2.78. The van der Waals surface area contributed by atoms with Crippen LogP contribution >= 0.6 is 0 Å². The Kier molecular flexibility index (Phi) is 4.71. The van der Waals surface area contributed by atoms with E-state index in [1.165, 1.54) is 14.2 Å². The van der Waals surface area contributed by atoms with Crippen molar-refractivity contribution in [2.45, 2.75) is 13.0 Å². The second-order valence-corrected chi connectivity index (χ2v) is 5.45. The van der Waals surface area contributed by atoms with Crippen LogP contribution in [0.1, 0.15) is 11.3 Å². The molecule has 0 aliphatic heterocycles. The number of aromatic nitrogens is 1. The quantitative estimate of drug-likeness (QED) is 0.794. The van der Waals surface area contributed by atoms with Crippen LogP contribution in [0.3, 0.4) is 0 Å². The van der Waals surface area contributed by atoms with Crippen LogP contribution in [0.25, 0.3) is 10.9 Å². The van der Waals surface area contributed by atoms with Crippen molar-refractivity contribution in [2.24, 2.45) is 7.05 Å². The molecular formula is C16H21FN2O3. The minimum Gasteiger partial charge on any atom is -0.494 e. The normalized spacial score (nSPS) is 11.2. The van der Waals surface area contributed by atoms with Gasteiger partial charge in [-0.15, -0.1) is 0 Å². The third-order valence-corrected chi connectivity index (χ3v) is 3.74. The van der Waals surface area contributed by atoms with E-state index in [0.29, 0.717) is 17.5 Å². The van der Waals surface area contributed by atoms with Crippen LogP contribution < -0.4 is 4.74 Å². The van der Waals surface area contributed by atoms with Gasteiger partial charge >= 0.3 is 5.97 Å². The van der Waals surface area contributed by atoms with Crippen LogP contribution in [-0.4, -0.2) is 43.8 Å². The van der Waals surface area contributed by atoms with Crippen molar-refractivity contribution in [3.05, 3.63) is 29.2 Å². The molecule has 0 bridgehead atoms. The lowest BCUT2D eigenvalue weighted by atomic mass is 10.1. The molecule has 0 saturated carbocycles. The molecule has 0 aliphatic carbocycles. The highest BCUT2D eigenvalue weighted by Crippen LogP contribution is 2.33. The van der Waals surface area contributed by atoms with Crippen molar-refractivity contribution in [2.75, 3.05) is 28.3 Å². The number of aryl methyl sites for hydroxylation is 1. The van der Waals surface area contributed by atoms with Crippen LogP contribution in [0, 0.1) is 5.82 Å². The first-order valence-electron chi connectivity index (χ1n) is 6.94.